The fraction of sp³-hybridized carbons (Fsp3) is 0.238. The second kappa shape index (κ2) is 9.17. The number of amides is 1. The number of halogens is 1. The average molecular weight is 447 g/mol. The van der Waals surface area contributed by atoms with Crippen molar-refractivity contribution in [2.75, 3.05) is 17.1 Å². The number of hydrogen-bond acceptors (Lipinski definition) is 6. The Kier molecular flexibility index (Phi) is 6.59. The number of hydrogen-bond donors (Lipinski definition) is 2. The number of carbonyl (C=O) groups excluding carboxylic acids is 1. The highest BCUT2D eigenvalue weighted by Crippen LogP contribution is 2.30. The number of ether oxygens (including phenoxy) is 1. The maximum Gasteiger partial charge on any atom is 0.262 e. The van der Waals surface area contributed by atoms with Gasteiger partial charge in [0, 0.05) is 17.7 Å². The van der Waals surface area contributed by atoms with Crippen LogP contribution in [-0.4, -0.2) is 26.6 Å². The summed E-state index contributed by atoms with van der Waals surface area (Å²) in [5.41, 5.74) is 2.15. The molecule has 0 aliphatic carbocycles. The Morgan fingerprint density at radius 1 is 1.16 bits per heavy atom. The van der Waals surface area contributed by atoms with Crippen LogP contribution in [-0.2, 0) is 21.2 Å². The molecule has 0 atom stereocenters. The fourth-order valence-electron chi connectivity index (χ4n) is 3.00. The first kappa shape index (κ1) is 22.3. The number of methoxy groups -OCH3 is 1. The van der Waals surface area contributed by atoms with Crippen LogP contribution >= 0.6 is 0 Å². The molecule has 2 N–H and O–H groups in total. The molecule has 0 saturated heterocycles. The molecule has 1 amide bonds. The molecule has 0 bridgehead atoms. The maximum absolute atomic E-state index is 13.1. The predicted octanol–water partition coefficient (Wildman–Crippen LogP) is 3.81. The topological polar surface area (TPSA) is 111 Å². The Morgan fingerprint density at radius 2 is 1.87 bits per heavy atom. The number of anilines is 2. The van der Waals surface area contributed by atoms with Gasteiger partial charge in [-0.1, -0.05) is 5.16 Å². The van der Waals surface area contributed by atoms with Gasteiger partial charge in [0.1, 0.15) is 17.3 Å². The van der Waals surface area contributed by atoms with Gasteiger partial charge in [-0.25, -0.2) is 12.8 Å². The lowest BCUT2D eigenvalue weighted by Gasteiger charge is -2.14. The molecule has 3 rings (SSSR count). The highest BCUT2D eigenvalue weighted by molar-refractivity contribution is 7.92. The van der Waals surface area contributed by atoms with E-state index in [1.165, 1.54) is 19.2 Å². The van der Waals surface area contributed by atoms with Gasteiger partial charge < -0.3 is 14.6 Å². The molecule has 1 aromatic heterocycles. The zero-order valence-corrected chi connectivity index (χ0v) is 18.0. The van der Waals surface area contributed by atoms with Crippen molar-refractivity contribution >= 4 is 27.3 Å². The molecule has 31 heavy (non-hydrogen) atoms. The molecule has 0 aliphatic rings. The molecule has 0 fully saturated rings. The van der Waals surface area contributed by atoms with Crippen molar-refractivity contribution in [3.05, 3.63) is 65.3 Å². The minimum absolute atomic E-state index is 0.107. The van der Waals surface area contributed by atoms with E-state index in [0.29, 0.717) is 17.9 Å². The standard InChI is InChI=1S/C21H22FN3O5S/c1-13-18(14(2)30-24-13)9-11-21(26)23-16-6-10-20(29-3)19(12-16)25-31(27,28)17-7-4-15(22)5-8-17/h4-8,10,12,25H,9,11H2,1-3H3,(H,23,26). The summed E-state index contributed by atoms with van der Waals surface area (Å²) in [6.07, 6.45) is 0.665. The van der Waals surface area contributed by atoms with Crippen LogP contribution in [0.4, 0.5) is 15.8 Å². The number of nitrogens with one attached hydrogen (secondary N) is 2. The third-order valence-corrected chi connectivity index (χ3v) is 6.02. The summed E-state index contributed by atoms with van der Waals surface area (Å²) >= 11 is 0. The number of carbonyl (C=O) groups is 1. The predicted molar refractivity (Wildman–Crippen MR) is 113 cm³/mol. The Labute approximate surface area is 179 Å². The van der Waals surface area contributed by atoms with Crippen molar-refractivity contribution in [2.45, 2.75) is 31.6 Å². The van der Waals surface area contributed by atoms with Crippen molar-refractivity contribution < 1.29 is 26.9 Å². The lowest BCUT2D eigenvalue weighted by atomic mass is 10.1. The smallest absolute Gasteiger partial charge is 0.262 e. The van der Waals surface area contributed by atoms with E-state index in [0.717, 1.165) is 35.5 Å². The van der Waals surface area contributed by atoms with E-state index >= 15 is 0 Å². The Bertz CT molecular complexity index is 1170. The van der Waals surface area contributed by atoms with E-state index < -0.39 is 15.8 Å². The van der Waals surface area contributed by atoms with E-state index in [2.05, 4.69) is 15.2 Å². The molecule has 8 nitrogen and oxygen atoms in total. The number of sulfonamides is 1. The summed E-state index contributed by atoms with van der Waals surface area (Å²) < 4.78 is 51.1. The minimum atomic E-state index is -3.98. The molecule has 3 aromatic rings. The first-order chi connectivity index (χ1) is 14.7. The largest absolute Gasteiger partial charge is 0.495 e. The third-order valence-electron chi connectivity index (χ3n) is 4.63. The van der Waals surface area contributed by atoms with Crippen molar-refractivity contribution in [3.63, 3.8) is 0 Å². The molecule has 0 spiro atoms. The van der Waals surface area contributed by atoms with Gasteiger partial charge in [-0.2, -0.15) is 0 Å². The van der Waals surface area contributed by atoms with Gasteiger partial charge >= 0.3 is 0 Å². The molecule has 2 aromatic carbocycles. The van der Waals surface area contributed by atoms with Gasteiger partial charge in [0.05, 0.1) is 23.4 Å². The van der Waals surface area contributed by atoms with Crippen LogP contribution in [0.25, 0.3) is 0 Å². The summed E-state index contributed by atoms with van der Waals surface area (Å²) in [7, 11) is -2.59. The number of aromatic nitrogens is 1. The van der Waals surface area contributed by atoms with Crippen LogP contribution in [0.2, 0.25) is 0 Å². The van der Waals surface area contributed by atoms with Gasteiger partial charge in [0.15, 0.2) is 0 Å². The van der Waals surface area contributed by atoms with Gasteiger partial charge in [-0.3, -0.25) is 9.52 Å². The van der Waals surface area contributed by atoms with Crippen LogP contribution < -0.4 is 14.8 Å². The first-order valence-electron chi connectivity index (χ1n) is 9.37. The highest BCUT2D eigenvalue weighted by Gasteiger charge is 2.18. The minimum Gasteiger partial charge on any atom is -0.495 e. The number of rotatable bonds is 8. The monoisotopic (exact) mass is 447 g/mol. The van der Waals surface area contributed by atoms with Crippen LogP contribution in [0.3, 0.4) is 0 Å². The number of nitrogens with zero attached hydrogens (tertiary/aromatic N) is 1. The second-order valence-electron chi connectivity index (χ2n) is 6.83. The highest BCUT2D eigenvalue weighted by atomic mass is 32.2. The zero-order chi connectivity index (χ0) is 22.6. The molecular weight excluding hydrogens is 425 g/mol. The average Bonchev–Trinajstić information content (AvgIpc) is 3.04. The Balaban J connectivity index is 1.74. The van der Waals surface area contributed by atoms with Gasteiger partial charge in [0.2, 0.25) is 5.91 Å². The van der Waals surface area contributed by atoms with Crippen LogP contribution in [0.15, 0.2) is 51.9 Å². The van der Waals surface area contributed by atoms with Crippen molar-refractivity contribution in [3.8, 4) is 5.75 Å². The quantitative estimate of drug-likeness (QED) is 0.543. The molecular formula is C21H22FN3O5S. The van der Waals surface area contributed by atoms with E-state index in [1.807, 2.05) is 6.92 Å². The third kappa shape index (κ3) is 5.40. The summed E-state index contributed by atoms with van der Waals surface area (Å²) in [5, 5.41) is 6.60. The lowest BCUT2D eigenvalue weighted by Crippen LogP contribution is -2.15. The van der Waals surface area contributed by atoms with E-state index in [9.17, 15) is 17.6 Å². The van der Waals surface area contributed by atoms with Gasteiger partial charge in [-0.05, 0) is 62.7 Å². The van der Waals surface area contributed by atoms with Crippen LogP contribution in [0.5, 0.6) is 5.75 Å². The summed E-state index contributed by atoms with van der Waals surface area (Å²) in [6.45, 7) is 3.60. The molecule has 0 aliphatic heterocycles. The van der Waals surface area contributed by atoms with Gasteiger partial charge in [0.25, 0.3) is 10.0 Å². The normalized spacial score (nSPS) is 11.2. The first-order valence-corrected chi connectivity index (χ1v) is 10.9. The summed E-state index contributed by atoms with van der Waals surface area (Å²) in [4.78, 5) is 12.3. The van der Waals surface area contributed by atoms with Crippen molar-refractivity contribution in [1.82, 2.24) is 5.16 Å². The number of aryl methyl sites for hydroxylation is 2. The molecule has 10 heteroatoms. The van der Waals surface area contributed by atoms with E-state index in [4.69, 9.17) is 9.26 Å². The van der Waals surface area contributed by atoms with Crippen molar-refractivity contribution in [2.24, 2.45) is 0 Å². The fourth-order valence-corrected chi connectivity index (χ4v) is 4.07. The Hall–Kier alpha value is -3.40. The summed E-state index contributed by atoms with van der Waals surface area (Å²) in [5.74, 6) is 0.141. The Morgan fingerprint density at radius 3 is 2.48 bits per heavy atom. The van der Waals surface area contributed by atoms with Crippen molar-refractivity contribution in [1.29, 1.82) is 0 Å². The zero-order valence-electron chi connectivity index (χ0n) is 17.2. The molecule has 0 saturated carbocycles. The lowest BCUT2D eigenvalue weighted by molar-refractivity contribution is -0.116. The van der Waals surface area contributed by atoms with E-state index in [-0.39, 0.29) is 28.7 Å². The molecule has 0 unspecified atom stereocenters. The molecule has 0 radical (unpaired) electrons. The molecule has 164 valence electrons. The number of benzene rings is 2. The van der Waals surface area contributed by atoms with Gasteiger partial charge in [-0.15, -0.1) is 0 Å². The van der Waals surface area contributed by atoms with E-state index in [1.54, 1.807) is 13.0 Å². The second-order valence-corrected chi connectivity index (χ2v) is 8.51. The van der Waals surface area contributed by atoms with Crippen LogP contribution in [0, 0.1) is 19.7 Å². The SMILES string of the molecule is COc1ccc(NC(=O)CCc2c(C)noc2C)cc1NS(=O)(=O)c1ccc(F)cc1. The maximum atomic E-state index is 13.1. The summed E-state index contributed by atoms with van der Waals surface area (Å²) in [6, 6.07) is 9.01. The molecule has 1 heterocycles. The van der Waals surface area contributed by atoms with Crippen LogP contribution in [0.1, 0.15) is 23.4 Å².